The van der Waals surface area contributed by atoms with Crippen LogP contribution in [0.1, 0.15) is 34.3 Å². The minimum Gasteiger partial charge on any atom is -0.294 e. The van der Waals surface area contributed by atoms with Crippen LogP contribution in [0, 0.1) is 18.7 Å². The third kappa shape index (κ3) is 4.19. The van der Waals surface area contributed by atoms with Gasteiger partial charge in [0.1, 0.15) is 5.82 Å². The van der Waals surface area contributed by atoms with E-state index in [0.29, 0.717) is 37.1 Å². The smallest absolute Gasteiger partial charge is 0.218 e. The highest BCUT2D eigenvalue weighted by Crippen LogP contribution is 2.25. The Hall–Kier alpha value is -2.05. The topological polar surface area (TPSA) is 54.5 Å². The Morgan fingerprint density at radius 2 is 1.77 bits per heavy atom. The van der Waals surface area contributed by atoms with Gasteiger partial charge in [0, 0.05) is 24.6 Å². The quantitative estimate of drug-likeness (QED) is 0.751. The van der Waals surface area contributed by atoms with Gasteiger partial charge in [-0.05, 0) is 49.1 Å². The lowest BCUT2D eigenvalue weighted by Crippen LogP contribution is -2.40. The van der Waals surface area contributed by atoms with Gasteiger partial charge in [0.2, 0.25) is 10.0 Å². The van der Waals surface area contributed by atoms with Crippen molar-refractivity contribution in [2.45, 2.75) is 25.5 Å². The van der Waals surface area contributed by atoms with Gasteiger partial charge in [-0.3, -0.25) is 4.79 Å². The first kappa shape index (κ1) is 18.7. The number of benzene rings is 2. The van der Waals surface area contributed by atoms with Crippen LogP contribution in [0.4, 0.5) is 4.39 Å². The summed E-state index contributed by atoms with van der Waals surface area (Å²) in [6, 6.07) is 13.5. The van der Waals surface area contributed by atoms with Gasteiger partial charge in [-0.1, -0.05) is 30.3 Å². The molecule has 26 heavy (non-hydrogen) atoms. The largest absolute Gasteiger partial charge is 0.294 e. The van der Waals surface area contributed by atoms with Crippen molar-refractivity contribution in [3.05, 3.63) is 71.0 Å². The van der Waals surface area contributed by atoms with Gasteiger partial charge >= 0.3 is 0 Å². The fourth-order valence-electron chi connectivity index (χ4n) is 3.31. The third-order valence-corrected chi connectivity index (χ3v) is 6.70. The number of Topliss-reactive ketones (excluding diaryl/α,β-unsaturated/α-hetero) is 1. The van der Waals surface area contributed by atoms with Crippen LogP contribution in [0.5, 0.6) is 0 Å². The molecule has 6 heteroatoms. The van der Waals surface area contributed by atoms with E-state index in [1.165, 1.54) is 16.4 Å². The summed E-state index contributed by atoms with van der Waals surface area (Å²) in [7, 11) is -3.39. The van der Waals surface area contributed by atoms with Crippen LogP contribution in [0.15, 0.2) is 48.5 Å². The van der Waals surface area contributed by atoms with Gasteiger partial charge in [-0.15, -0.1) is 0 Å². The second-order valence-electron chi connectivity index (χ2n) is 6.74. The molecule has 1 fully saturated rings. The zero-order valence-corrected chi connectivity index (χ0v) is 15.5. The summed E-state index contributed by atoms with van der Waals surface area (Å²) in [5.74, 6) is -0.608. The number of halogens is 1. The summed E-state index contributed by atoms with van der Waals surface area (Å²) in [5.41, 5.74) is 1.70. The number of ketones is 1. The Morgan fingerprint density at radius 3 is 2.38 bits per heavy atom. The number of carbonyl (C=O) groups is 1. The predicted octanol–water partition coefficient (Wildman–Crippen LogP) is 3.56. The number of nitrogens with zero attached hydrogens (tertiary/aromatic N) is 1. The highest BCUT2D eigenvalue weighted by molar-refractivity contribution is 7.88. The molecular weight excluding hydrogens is 353 g/mol. The van der Waals surface area contributed by atoms with Crippen molar-refractivity contribution in [1.82, 2.24) is 4.31 Å². The molecule has 3 rings (SSSR count). The molecule has 0 aromatic heterocycles. The van der Waals surface area contributed by atoms with Crippen molar-refractivity contribution in [2.24, 2.45) is 5.92 Å². The Labute approximate surface area is 153 Å². The summed E-state index contributed by atoms with van der Waals surface area (Å²) < 4.78 is 40.0. The molecule has 1 aliphatic heterocycles. The molecule has 0 N–H and O–H groups in total. The number of hydrogen-bond donors (Lipinski definition) is 0. The van der Waals surface area contributed by atoms with E-state index in [4.69, 9.17) is 0 Å². The molecule has 0 atom stereocenters. The highest BCUT2D eigenvalue weighted by atomic mass is 32.2. The minimum atomic E-state index is -3.39. The van der Waals surface area contributed by atoms with Crippen LogP contribution in [-0.2, 0) is 15.8 Å². The first-order valence-electron chi connectivity index (χ1n) is 8.69. The van der Waals surface area contributed by atoms with Crippen LogP contribution in [0.3, 0.4) is 0 Å². The Morgan fingerprint density at radius 1 is 1.12 bits per heavy atom. The van der Waals surface area contributed by atoms with Gasteiger partial charge in [0.15, 0.2) is 5.78 Å². The Balaban J connectivity index is 1.63. The molecule has 2 aromatic rings. The molecule has 0 bridgehead atoms. The number of aryl methyl sites for hydroxylation is 1. The highest BCUT2D eigenvalue weighted by Gasteiger charge is 2.31. The van der Waals surface area contributed by atoms with Crippen molar-refractivity contribution < 1.29 is 17.6 Å². The summed E-state index contributed by atoms with van der Waals surface area (Å²) >= 11 is 0. The van der Waals surface area contributed by atoms with E-state index in [0.717, 1.165) is 5.56 Å². The van der Waals surface area contributed by atoms with Crippen molar-refractivity contribution >= 4 is 15.8 Å². The molecule has 1 heterocycles. The van der Waals surface area contributed by atoms with Crippen molar-refractivity contribution in [1.29, 1.82) is 0 Å². The maximum atomic E-state index is 13.4. The summed E-state index contributed by atoms with van der Waals surface area (Å²) in [5, 5.41) is 0. The zero-order chi connectivity index (χ0) is 18.7. The molecule has 0 spiro atoms. The molecule has 2 aromatic carbocycles. The summed E-state index contributed by atoms with van der Waals surface area (Å²) in [4.78, 5) is 12.6. The summed E-state index contributed by atoms with van der Waals surface area (Å²) in [6.45, 7) is 2.31. The predicted molar refractivity (Wildman–Crippen MR) is 98.8 cm³/mol. The van der Waals surface area contributed by atoms with Crippen LogP contribution < -0.4 is 0 Å². The Kier molecular flexibility index (Phi) is 5.53. The number of sulfonamides is 1. The maximum absolute atomic E-state index is 13.4. The second-order valence-corrected chi connectivity index (χ2v) is 8.71. The molecule has 4 nitrogen and oxygen atoms in total. The fraction of sp³-hybridized carbons (Fsp3) is 0.350. The number of hydrogen-bond acceptors (Lipinski definition) is 3. The van der Waals surface area contributed by atoms with Gasteiger partial charge in [-0.2, -0.15) is 0 Å². The molecule has 0 unspecified atom stereocenters. The molecule has 1 aliphatic rings. The van der Waals surface area contributed by atoms with Gasteiger partial charge < -0.3 is 0 Å². The number of carbonyl (C=O) groups excluding carboxylic acids is 1. The Bertz CT molecular complexity index is 889. The molecule has 0 amide bonds. The first-order chi connectivity index (χ1) is 12.4. The van der Waals surface area contributed by atoms with Gasteiger partial charge in [-0.25, -0.2) is 17.1 Å². The molecule has 1 saturated heterocycles. The second kappa shape index (κ2) is 7.68. The standard InChI is InChI=1S/C20H22FNO3S/c1-15-13-18(7-8-19(15)21)20(23)17-9-11-22(12-10-17)26(24,25)14-16-5-3-2-4-6-16/h2-8,13,17H,9-12,14H2,1H3. The monoisotopic (exact) mass is 375 g/mol. The average molecular weight is 375 g/mol. The molecule has 0 aliphatic carbocycles. The van der Waals surface area contributed by atoms with E-state index in [9.17, 15) is 17.6 Å². The van der Waals surface area contributed by atoms with Gasteiger partial charge in [0.05, 0.1) is 5.75 Å². The maximum Gasteiger partial charge on any atom is 0.218 e. The third-order valence-electron chi connectivity index (χ3n) is 4.85. The van der Waals surface area contributed by atoms with E-state index < -0.39 is 10.0 Å². The number of piperidine rings is 1. The van der Waals surface area contributed by atoms with Gasteiger partial charge in [0.25, 0.3) is 0 Å². The van der Waals surface area contributed by atoms with E-state index >= 15 is 0 Å². The lowest BCUT2D eigenvalue weighted by Gasteiger charge is -2.30. The SMILES string of the molecule is Cc1cc(C(=O)C2CCN(S(=O)(=O)Cc3ccccc3)CC2)ccc1F. The molecule has 138 valence electrons. The van der Waals surface area contributed by atoms with Crippen LogP contribution in [-0.4, -0.2) is 31.6 Å². The zero-order valence-electron chi connectivity index (χ0n) is 14.7. The fourth-order valence-corrected chi connectivity index (χ4v) is 4.87. The molecule has 0 radical (unpaired) electrons. The van der Waals surface area contributed by atoms with Crippen molar-refractivity contribution in [3.8, 4) is 0 Å². The van der Waals surface area contributed by atoms with Crippen LogP contribution in [0.2, 0.25) is 0 Å². The normalized spacial score (nSPS) is 16.5. The van der Waals surface area contributed by atoms with Crippen LogP contribution in [0.25, 0.3) is 0 Å². The van der Waals surface area contributed by atoms with Crippen molar-refractivity contribution in [3.63, 3.8) is 0 Å². The summed E-state index contributed by atoms with van der Waals surface area (Å²) in [6.07, 6.45) is 0.979. The lowest BCUT2D eigenvalue weighted by molar-refractivity contribution is 0.0875. The van der Waals surface area contributed by atoms with E-state index in [1.807, 2.05) is 18.2 Å². The molecule has 0 saturated carbocycles. The van der Waals surface area contributed by atoms with Crippen molar-refractivity contribution in [2.75, 3.05) is 13.1 Å². The molecular formula is C20H22FNO3S. The number of rotatable bonds is 5. The average Bonchev–Trinajstić information content (AvgIpc) is 2.64. The lowest BCUT2D eigenvalue weighted by atomic mass is 9.89. The van der Waals surface area contributed by atoms with E-state index in [2.05, 4.69) is 0 Å². The minimum absolute atomic E-state index is 0.0242. The van der Waals surface area contributed by atoms with E-state index in [-0.39, 0.29) is 23.3 Å². The van der Waals surface area contributed by atoms with Crippen LogP contribution >= 0.6 is 0 Å². The van der Waals surface area contributed by atoms with E-state index in [1.54, 1.807) is 25.1 Å². The first-order valence-corrected chi connectivity index (χ1v) is 10.3.